The fourth-order valence-corrected chi connectivity index (χ4v) is 2.94. The molecular weight excluding hydrogens is 220 g/mol. The number of para-hydroxylation sites is 1. The van der Waals surface area contributed by atoms with Crippen LogP contribution in [0.1, 0.15) is 43.1 Å². The maximum Gasteiger partial charge on any atom is 0.249 e. The van der Waals surface area contributed by atoms with Gasteiger partial charge in [0.05, 0.1) is 11.1 Å². The third kappa shape index (κ3) is 1.21. The first-order valence-electron chi connectivity index (χ1n) is 7.81. The van der Waals surface area contributed by atoms with Crippen LogP contribution >= 0.6 is 0 Å². The van der Waals surface area contributed by atoms with Crippen molar-refractivity contribution in [3.8, 4) is 5.69 Å². The Labute approximate surface area is 113 Å². The summed E-state index contributed by atoms with van der Waals surface area (Å²) in [4.78, 5) is 0. The Kier molecular flexibility index (Phi) is 1.54. The number of aryl methyl sites for hydroxylation is 1. The lowest BCUT2D eigenvalue weighted by molar-refractivity contribution is -0.670. The zero-order chi connectivity index (χ0) is 15.6. The van der Waals surface area contributed by atoms with Crippen molar-refractivity contribution < 1.29 is 8.68 Å². The van der Waals surface area contributed by atoms with Crippen LogP contribution in [0, 0.1) is 0 Å². The van der Waals surface area contributed by atoms with Crippen molar-refractivity contribution in [1.82, 2.24) is 4.57 Å². The Balaban J connectivity index is 2.36. The molecule has 2 aromatic rings. The molecule has 1 aliphatic heterocycles. The first-order valence-corrected chi connectivity index (χ1v) is 6.31. The van der Waals surface area contributed by atoms with Crippen LogP contribution in [0.25, 0.3) is 5.69 Å². The quantitative estimate of drug-likeness (QED) is 0.630. The summed E-state index contributed by atoms with van der Waals surface area (Å²) >= 11 is 0. The third-order valence-electron chi connectivity index (χ3n) is 4.80. The summed E-state index contributed by atoms with van der Waals surface area (Å²) in [6.07, 6.45) is 3.46. The van der Waals surface area contributed by atoms with E-state index in [1.807, 2.05) is 16.7 Å². The number of nitrogens with zero attached hydrogens (tertiary/aromatic N) is 2. The summed E-state index contributed by atoms with van der Waals surface area (Å²) in [5, 5.41) is 0. The van der Waals surface area contributed by atoms with Crippen molar-refractivity contribution in [2.75, 3.05) is 0 Å². The van der Waals surface area contributed by atoms with E-state index in [2.05, 4.69) is 39.8 Å². The Hall–Kier alpha value is -1.57. The predicted octanol–water partition coefficient (Wildman–Crippen LogP) is 2.87. The van der Waals surface area contributed by atoms with Crippen LogP contribution in [0.5, 0.6) is 0 Å². The largest absolute Gasteiger partial charge is 0.249 e. The van der Waals surface area contributed by atoms with Crippen molar-refractivity contribution >= 4 is 0 Å². The molecule has 0 saturated heterocycles. The van der Waals surface area contributed by atoms with Gasteiger partial charge in [0.15, 0.2) is 5.69 Å². The number of aromatic nitrogens is 2. The van der Waals surface area contributed by atoms with E-state index in [9.17, 15) is 0 Å². The SMILES string of the molecule is [2H]C([2H])([2H])[n+]1cc2n(c1)-c1ccccc1C(C)(C)C2(C)C. The zero-order valence-electron chi connectivity index (χ0n) is 14.4. The van der Waals surface area contributed by atoms with Crippen LogP contribution in [-0.2, 0) is 17.8 Å². The first kappa shape index (κ1) is 8.52. The second kappa shape index (κ2) is 3.25. The zero-order valence-corrected chi connectivity index (χ0v) is 11.4. The fraction of sp³-hybridized carbons (Fsp3) is 0.438. The summed E-state index contributed by atoms with van der Waals surface area (Å²) in [5.74, 6) is 0. The topological polar surface area (TPSA) is 8.81 Å². The second-order valence-corrected chi connectivity index (χ2v) is 6.17. The molecule has 3 rings (SSSR count). The number of rotatable bonds is 0. The van der Waals surface area contributed by atoms with E-state index in [1.165, 1.54) is 10.1 Å². The molecule has 0 unspecified atom stereocenters. The lowest BCUT2D eigenvalue weighted by atomic mass is 9.60. The Morgan fingerprint density at radius 2 is 1.83 bits per heavy atom. The molecule has 0 radical (unpaired) electrons. The smallest absolute Gasteiger partial charge is 0.239 e. The molecule has 0 bridgehead atoms. The standard InChI is InChI=1S/C16H21N2/c1-15(2)12-8-6-7-9-13(12)18-11-17(5)10-14(18)16(15,3)4/h6-11H,1-5H3/q+1/i5D3. The number of hydrogen-bond acceptors (Lipinski definition) is 0. The van der Waals surface area contributed by atoms with Gasteiger partial charge in [0.2, 0.25) is 6.33 Å². The Morgan fingerprint density at radius 1 is 1.11 bits per heavy atom. The van der Waals surface area contributed by atoms with E-state index < -0.39 is 6.98 Å². The van der Waals surface area contributed by atoms with Gasteiger partial charge < -0.3 is 0 Å². The molecule has 1 aliphatic rings. The highest BCUT2D eigenvalue weighted by molar-refractivity contribution is 5.53. The maximum absolute atomic E-state index is 7.65. The maximum atomic E-state index is 7.65. The fourth-order valence-electron chi connectivity index (χ4n) is 2.94. The lowest BCUT2D eigenvalue weighted by Gasteiger charge is -2.44. The molecule has 94 valence electrons. The van der Waals surface area contributed by atoms with Crippen molar-refractivity contribution in [2.24, 2.45) is 6.98 Å². The number of hydrogen-bond donors (Lipinski definition) is 0. The van der Waals surface area contributed by atoms with Gasteiger partial charge in [-0.05, 0) is 6.07 Å². The summed E-state index contributed by atoms with van der Waals surface area (Å²) in [7, 11) is 0. The number of imidazole rings is 1. The van der Waals surface area contributed by atoms with E-state index >= 15 is 0 Å². The molecule has 0 N–H and O–H groups in total. The van der Waals surface area contributed by atoms with Gasteiger partial charge in [-0.1, -0.05) is 45.9 Å². The molecule has 1 aromatic carbocycles. The molecule has 0 atom stereocenters. The van der Waals surface area contributed by atoms with Gasteiger partial charge >= 0.3 is 0 Å². The first-order chi connectivity index (χ1) is 9.57. The molecule has 1 aromatic heterocycles. The van der Waals surface area contributed by atoms with Crippen LogP contribution in [0.4, 0.5) is 0 Å². The van der Waals surface area contributed by atoms with Gasteiger partial charge in [-0.15, -0.1) is 0 Å². The molecule has 0 amide bonds. The van der Waals surface area contributed by atoms with Crippen LogP contribution in [-0.4, -0.2) is 4.57 Å². The summed E-state index contributed by atoms with van der Waals surface area (Å²) in [5.41, 5.74) is 3.10. The lowest BCUT2D eigenvalue weighted by Crippen LogP contribution is -2.45. The average Bonchev–Trinajstić information content (AvgIpc) is 2.83. The van der Waals surface area contributed by atoms with E-state index in [0.717, 1.165) is 11.4 Å². The Morgan fingerprint density at radius 3 is 2.56 bits per heavy atom. The molecule has 2 heteroatoms. The van der Waals surface area contributed by atoms with Gasteiger partial charge in [-0.3, -0.25) is 0 Å². The number of benzene rings is 1. The molecule has 0 fully saturated rings. The van der Waals surface area contributed by atoms with Crippen LogP contribution in [0.15, 0.2) is 36.8 Å². The van der Waals surface area contributed by atoms with Crippen LogP contribution < -0.4 is 4.57 Å². The average molecular weight is 244 g/mol. The molecule has 0 aliphatic carbocycles. The minimum absolute atomic E-state index is 0.0789. The van der Waals surface area contributed by atoms with Gasteiger partial charge in [0, 0.05) is 16.4 Å². The monoisotopic (exact) mass is 244 g/mol. The van der Waals surface area contributed by atoms with Gasteiger partial charge in [-0.2, -0.15) is 4.57 Å². The van der Waals surface area contributed by atoms with Crippen LogP contribution in [0.2, 0.25) is 0 Å². The van der Waals surface area contributed by atoms with Crippen molar-refractivity contribution in [2.45, 2.75) is 38.5 Å². The van der Waals surface area contributed by atoms with Crippen LogP contribution in [0.3, 0.4) is 0 Å². The summed E-state index contributed by atoms with van der Waals surface area (Å²) in [6.45, 7) is 6.65. The molecule has 0 spiro atoms. The van der Waals surface area contributed by atoms with Crippen molar-refractivity contribution in [3.63, 3.8) is 0 Å². The third-order valence-corrected chi connectivity index (χ3v) is 4.80. The van der Waals surface area contributed by atoms with Gasteiger partial charge in [0.1, 0.15) is 11.9 Å². The van der Waals surface area contributed by atoms with Crippen molar-refractivity contribution in [3.05, 3.63) is 48.0 Å². The van der Waals surface area contributed by atoms with Gasteiger partial charge in [-0.25, -0.2) is 4.57 Å². The van der Waals surface area contributed by atoms with Gasteiger partial charge in [0.25, 0.3) is 0 Å². The highest BCUT2D eigenvalue weighted by Gasteiger charge is 2.49. The highest BCUT2D eigenvalue weighted by atomic mass is 15.1. The summed E-state index contributed by atoms with van der Waals surface area (Å²) < 4.78 is 26.3. The molecule has 2 nitrogen and oxygen atoms in total. The van der Waals surface area contributed by atoms with E-state index in [1.54, 1.807) is 12.5 Å². The van der Waals surface area contributed by atoms with E-state index in [0.29, 0.717) is 0 Å². The minimum atomic E-state index is -2.15. The highest BCUT2D eigenvalue weighted by Crippen LogP contribution is 2.49. The normalized spacial score (nSPS) is 22.3. The molecular formula is C16H21N2+. The minimum Gasteiger partial charge on any atom is -0.239 e. The Bertz CT molecular complexity index is 709. The molecule has 18 heavy (non-hydrogen) atoms. The van der Waals surface area contributed by atoms with E-state index in [-0.39, 0.29) is 10.8 Å². The van der Waals surface area contributed by atoms with Crippen molar-refractivity contribution in [1.29, 1.82) is 0 Å². The predicted molar refractivity (Wildman–Crippen MR) is 73.0 cm³/mol. The summed E-state index contributed by atoms with van der Waals surface area (Å²) in [6, 6.07) is 8.24. The second-order valence-electron chi connectivity index (χ2n) is 6.17. The van der Waals surface area contributed by atoms with E-state index in [4.69, 9.17) is 4.11 Å². The molecule has 0 saturated carbocycles. The number of fused-ring (bicyclic) bond motifs is 3. The molecule has 2 heterocycles.